The fourth-order valence-corrected chi connectivity index (χ4v) is 4.94. The summed E-state index contributed by atoms with van der Waals surface area (Å²) in [5.41, 5.74) is 3.25. The van der Waals surface area contributed by atoms with E-state index in [9.17, 15) is 0 Å². The molecular formula is C26H25Cl2N3OS. The lowest BCUT2D eigenvalue weighted by atomic mass is 10.0. The minimum Gasteiger partial charge on any atom is -0.483 e. The van der Waals surface area contributed by atoms with Crippen molar-refractivity contribution in [2.45, 2.75) is 43.7 Å². The van der Waals surface area contributed by atoms with Crippen molar-refractivity contribution in [3.63, 3.8) is 0 Å². The van der Waals surface area contributed by atoms with Crippen molar-refractivity contribution < 1.29 is 4.74 Å². The lowest BCUT2D eigenvalue weighted by Gasteiger charge is -2.17. The molecule has 0 fully saturated rings. The third-order valence-electron chi connectivity index (χ3n) is 5.27. The van der Waals surface area contributed by atoms with Gasteiger partial charge in [0.15, 0.2) is 17.1 Å². The molecular weight excluding hydrogens is 473 g/mol. The third kappa shape index (κ3) is 5.72. The first-order chi connectivity index (χ1) is 15.9. The molecule has 1 unspecified atom stereocenters. The maximum atomic E-state index is 6.37. The van der Waals surface area contributed by atoms with E-state index in [2.05, 4.69) is 36.2 Å². The summed E-state index contributed by atoms with van der Waals surface area (Å²) in [5.74, 6) is 2.66. The zero-order chi connectivity index (χ0) is 23.4. The topological polar surface area (TPSA) is 39.9 Å². The van der Waals surface area contributed by atoms with Gasteiger partial charge in [-0.2, -0.15) is 0 Å². The quantitative estimate of drug-likeness (QED) is 0.230. The summed E-state index contributed by atoms with van der Waals surface area (Å²) in [7, 11) is 0. The number of aromatic nitrogens is 3. The molecule has 3 aromatic carbocycles. The molecule has 33 heavy (non-hydrogen) atoms. The first kappa shape index (κ1) is 23.7. The van der Waals surface area contributed by atoms with Crippen molar-refractivity contribution in [2.24, 2.45) is 0 Å². The summed E-state index contributed by atoms with van der Waals surface area (Å²) in [6.45, 7) is 6.35. The van der Waals surface area contributed by atoms with Gasteiger partial charge in [0.05, 0.1) is 0 Å². The average Bonchev–Trinajstić information content (AvgIpc) is 3.23. The van der Waals surface area contributed by atoms with Crippen molar-refractivity contribution in [3.05, 3.63) is 99.8 Å². The molecule has 0 radical (unpaired) electrons. The first-order valence-electron chi connectivity index (χ1n) is 10.8. The van der Waals surface area contributed by atoms with E-state index in [1.54, 1.807) is 17.8 Å². The van der Waals surface area contributed by atoms with Crippen LogP contribution in [0, 0.1) is 0 Å². The van der Waals surface area contributed by atoms with Gasteiger partial charge < -0.3 is 4.74 Å². The van der Waals surface area contributed by atoms with Crippen LogP contribution in [0.2, 0.25) is 10.0 Å². The van der Waals surface area contributed by atoms with E-state index in [0.717, 1.165) is 28.0 Å². The Kier molecular flexibility index (Phi) is 7.63. The molecule has 1 atom stereocenters. The van der Waals surface area contributed by atoms with Crippen LogP contribution in [0.5, 0.6) is 5.75 Å². The van der Waals surface area contributed by atoms with E-state index in [1.165, 1.54) is 5.56 Å². The Morgan fingerprint density at radius 3 is 2.30 bits per heavy atom. The van der Waals surface area contributed by atoms with Crippen LogP contribution in [0.4, 0.5) is 0 Å². The van der Waals surface area contributed by atoms with Crippen LogP contribution >= 0.6 is 35.0 Å². The molecule has 0 saturated carbocycles. The molecule has 4 aromatic rings. The highest BCUT2D eigenvalue weighted by Crippen LogP contribution is 2.32. The largest absolute Gasteiger partial charge is 0.483 e. The van der Waals surface area contributed by atoms with Gasteiger partial charge in [-0.25, -0.2) is 0 Å². The van der Waals surface area contributed by atoms with Gasteiger partial charge in [0, 0.05) is 21.5 Å². The minimum absolute atomic E-state index is 0.295. The number of nitrogens with zero attached hydrogens (tertiary/aromatic N) is 3. The lowest BCUT2D eigenvalue weighted by Crippen LogP contribution is -2.11. The number of rotatable bonds is 8. The Labute approximate surface area is 208 Å². The van der Waals surface area contributed by atoms with Crippen LogP contribution in [-0.4, -0.2) is 14.8 Å². The zero-order valence-electron chi connectivity index (χ0n) is 18.7. The second-order valence-corrected chi connectivity index (χ2v) is 9.81. The minimum atomic E-state index is -0.295. The van der Waals surface area contributed by atoms with E-state index in [0.29, 0.717) is 21.7 Å². The van der Waals surface area contributed by atoms with E-state index < -0.39 is 0 Å². The number of thioether (sulfide) groups is 1. The van der Waals surface area contributed by atoms with Crippen LogP contribution in [0.25, 0.3) is 5.69 Å². The Hall–Kier alpha value is -2.47. The van der Waals surface area contributed by atoms with E-state index in [-0.39, 0.29) is 6.10 Å². The lowest BCUT2D eigenvalue weighted by molar-refractivity contribution is 0.213. The predicted molar refractivity (Wildman–Crippen MR) is 137 cm³/mol. The molecule has 0 saturated heterocycles. The fourth-order valence-electron chi connectivity index (χ4n) is 3.43. The molecule has 0 aliphatic heterocycles. The maximum absolute atomic E-state index is 6.37. The monoisotopic (exact) mass is 497 g/mol. The van der Waals surface area contributed by atoms with Crippen LogP contribution in [-0.2, 0) is 5.75 Å². The smallest absolute Gasteiger partial charge is 0.196 e. The Balaban J connectivity index is 1.60. The number of hydrogen-bond donors (Lipinski definition) is 0. The van der Waals surface area contributed by atoms with Gasteiger partial charge in [0.1, 0.15) is 5.75 Å². The summed E-state index contributed by atoms with van der Waals surface area (Å²) < 4.78 is 8.28. The maximum Gasteiger partial charge on any atom is 0.196 e. The Morgan fingerprint density at radius 1 is 0.909 bits per heavy atom. The van der Waals surface area contributed by atoms with E-state index in [1.807, 2.05) is 66.1 Å². The molecule has 0 bridgehead atoms. The number of halogens is 2. The summed E-state index contributed by atoms with van der Waals surface area (Å²) in [5, 5.41) is 11.0. The van der Waals surface area contributed by atoms with Crippen LogP contribution < -0.4 is 4.74 Å². The molecule has 0 N–H and O–H groups in total. The van der Waals surface area contributed by atoms with Crippen molar-refractivity contribution in [2.75, 3.05) is 0 Å². The second kappa shape index (κ2) is 10.6. The molecule has 1 aromatic heterocycles. The average molecular weight is 498 g/mol. The Morgan fingerprint density at radius 2 is 1.64 bits per heavy atom. The molecule has 0 aliphatic rings. The molecule has 7 heteroatoms. The van der Waals surface area contributed by atoms with E-state index >= 15 is 0 Å². The standard InChI is InChI=1S/C26H25Cl2N3OS/c1-17(2)19-10-13-23(14-11-19)32-18(3)25-29-30-26(31(25)22-7-5-4-6-8-22)33-16-20-9-12-21(27)15-24(20)28/h4-15,17-18H,16H2,1-3H3. The normalized spacial score (nSPS) is 12.2. The number of hydrogen-bond acceptors (Lipinski definition) is 4. The number of benzene rings is 3. The van der Waals surface area contributed by atoms with Gasteiger partial charge in [0.2, 0.25) is 0 Å². The number of para-hydroxylation sites is 1. The molecule has 4 rings (SSSR count). The summed E-state index contributed by atoms with van der Waals surface area (Å²) in [4.78, 5) is 0. The number of ether oxygens (including phenoxy) is 1. The van der Waals surface area contributed by atoms with Gasteiger partial charge in [-0.3, -0.25) is 4.57 Å². The van der Waals surface area contributed by atoms with Gasteiger partial charge in [-0.05, 0) is 60.4 Å². The summed E-state index contributed by atoms with van der Waals surface area (Å²) in [6.07, 6.45) is -0.295. The summed E-state index contributed by atoms with van der Waals surface area (Å²) >= 11 is 14.0. The molecule has 0 amide bonds. The highest BCUT2D eigenvalue weighted by molar-refractivity contribution is 7.98. The van der Waals surface area contributed by atoms with Gasteiger partial charge >= 0.3 is 0 Å². The molecule has 0 aliphatic carbocycles. The fraction of sp³-hybridized carbons (Fsp3) is 0.231. The molecule has 4 nitrogen and oxygen atoms in total. The van der Waals surface area contributed by atoms with Crippen LogP contribution in [0.3, 0.4) is 0 Å². The highest BCUT2D eigenvalue weighted by atomic mass is 35.5. The van der Waals surface area contributed by atoms with E-state index in [4.69, 9.17) is 27.9 Å². The first-order valence-corrected chi connectivity index (χ1v) is 12.5. The third-order valence-corrected chi connectivity index (χ3v) is 6.83. The molecule has 170 valence electrons. The SMILES string of the molecule is CC(C)c1ccc(OC(C)c2nnc(SCc3ccc(Cl)cc3Cl)n2-c2ccccc2)cc1. The van der Waals surface area contributed by atoms with Crippen molar-refractivity contribution >= 4 is 35.0 Å². The van der Waals surface area contributed by atoms with Crippen LogP contribution in [0.15, 0.2) is 78.0 Å². The zero-order valence-corrected chi connectivity index (χ0v) is 21.0. The van der Waals surface area contributed by atoms with Gasteiger partial charge in [0.25, 0.3) is 0 Å². The van der Waals surface area contributed by atoms with Crippen molar-refractivity contribution in [1.82, 2.24) is 14.8 Å². The van der Waals surface area contributed by atoms with Crippen LogP contribution in [0.1, 0.15) is 49.7 Å². The van der Waals surface area contributed by atoms with Crippen molar-refractivity contribution in [1.29, 1.82) is 0 Å². The van der Waals surface area contributed by atoms with Gasteiger partial charge in [-0.15, -0.1) is 10.2 Å². The Bertz CT molecular complexity index is 1210. The summed E-state index contributed by atoms with van der Waals surface area (Å²) in [6, 6.07) is 23.8. The molecule has 0 spiro atoms. The van der Waals surface area contributed by atoms with Gasteiger partial charge in [-0.1, -0.05) is 85.2 Å². The van der Waals surface area contributed by atoms with Crippen molar-refractivity contribution in [3.8, 4) is 11.4 Å². The predicted octanol–water partition coefficient (Wildman–Crippen LogP) is 8.13. The molecule has 1 heterocycles. The highest BCUT2D eigenvalue weighted by Gasteiger charge is 2.21. The second-order valence-electron chi connectivity index (χ2n) is 8.02.